The molecule has 4 aromatic rings. The molecule has 0 radical (unpaired) electrons. The zero-order valence-corrected chi connectivity index (χ0v) is 17.5. The summed E-state index contributed by atoms with van der Waals surface area (Å²) in [6, 6.07) is 15.4. The Bertz CT molecular complexity index is 1260. The van der Waals surface area contributed by atoms with Crippen LogP contribution in [-0.4, -0.2) is 30.8 Å². The minimum atomic E-state index is -0.470. The summed E-state index contributed by atoms with van der Waals surface area (Å²) in [4.78, 5) is 22.9. The van der Waals surface area contributed by atoms with E-state index in [4.69, 9.17) is 4.42 Å². The van der Waals surface area contributed by atoms with Gasteiger partial charge >= 0.3 is 0 Å². The molecule has 0 aliphatic carbocycles. The summed E-state index contributed by atoms with van der Waals surface area (Å²) in [6.45, 7) is 3.79. The van der Waals surface area contributed by atoms with E-state index in [2.05, 4.69) is 20.6 Å². The molecular weight excluding hydrogens is 412 g/mol. The molecule has 1 amide bonds. The summed E-state index contributed by atoms with van der Waals surface area (Å²) in [5.41, 5.74) is 3.22. The molecule has 162 valence electrons. The van der Waals surface area contributed by atoms with Crippen LogP contribution in [0.5, 0.6) is 0 Å². The van der Waals surface area contributed by atoms with E-state index in [1.165, 1.54) is 16.8 Å². The van der Waals surface area contributed by atoms with E-state index in [9.17, 15) is 14.9 Å². The largest absolute Gasteiger partial charge is 0.421 e. The van der Waals surface area contributed by atoms with Gasteiger partial charge in [0, 0.05) is 36.6 Å². The number of aromatic nitrogens is 4. The van der Waals surface area contributed by atoms with E-state index in [0.29, 0.717) is 29.0 Å². The van der Waals surface area contributed by atoms with Crippen LogP contribution in [0, 0.1) is 24.0 Å². The van der Waals surface area contributed by atoms with Gasteiger partial charge in [-0.3, -0.25) is 14.9 Å². The number of carbonyl (C=O) groups excluding carboxylic acids is 1. The first-order valence-corrected chi connectivity index (χ1v) is 9.90. The second-order valence-corrected chi connectivity index (χ2v) is 7.27. The molecule has 2 aromatic heterocycles. The number of carbonyl (C=O) groups is 1. The van der Waals surface area contributed by atoms with Gasteiger partial charge in [0.25, 0.3) is 5.69 Å². The van der Waals surface area contributed by atoms with Crippen LogP contribution in [0.15, 0.2) is 59.0 Å². The molecule has 0 aliphatic rings. The summed E-state index contributed by atoms with van der Waals surface area (Å²) < 4.78 is 7.19. The number of nitrogens with one attached hydrogen (secondary N) is 1. The van der Waals surface area contributed by atoms with Crippen molar-refractivity contribution < 1.29 is 14.1 Å². The van der Waals surface area contributed by atoms with Gasteiger partial charge in [0.15, 0.2) is 0 Å². The van der Waals surface area contributed by atoms with Crippen molar-refractivity contribution in [3.05, 3.63) is 81.9 Å². The molecular formula is C22H20N6O4. The van der Waals surface area contributed by atoms with Gasteiger partial charge in [-0.2, -0.15) is 5.10 Å². The lowest BCUT2D eigenvalue weighted by molar-refractivity contribution is -0.384. The summed E-state index contributed by atoms with van der Waals surface area (Å²) >= 11 is 0. The van der Waals surface area contributed by atoms with Gasteiger partial charge in [-0.05, 0) is 38.1 Å². The third kappa shape index (κ3) is 4.69. The predicted octanol–water partition coefficient (Wildman–Crippen LogP) is 4.02. The van der Waals surface area contributed by atoms with Crippen LogP contribution in [0.25, 0.3) is 17.1 Å². The average Bonchev–Trinajstić information content (AvgIpc) is 3.39. The summed E-state index contributed by atoms with van der Waals surface area (Å²) in [5, 5.41) is 26.1. The highest BCUT2D eigenvalue weighted by atomic mass is 16.6. The van der Waals surface area contributed by atoms with E-state index in [0.717, 1.165) is 11.1 Å². The highest BCUT2D eigenvalue weighted by Crippen LogP contribution is 2.21. The zero-order valence-electron chi connectivity index (χ0n) is 17.5. The second kappa shape index (κ2) is 8.80. The minimum Gasteiger partial charge on any atom is -0.421 e. The Morgan fingerprint density at radius 3 is 2.50 bits per heavy atom. The van der Waals surface area contributed by atoms with Crippen molar-refractivity contribution >= 4 is 17.4 Å². The fourth-order valence-corrected chi connectivity index (χ4v) is 3.09. The molecule has 2 heterocycles. The SMILES string of the molecule is Cc1ccc(-c2nnc(CCC(=O)Nc3cc(C)nn3-c3ccc([N+](=O)[O-])cc3)o2)cc1. The molecule has 32 heavy (non-hydrogen) atoms. The summed E-state index contributed by atoms with van der Waals surface area (Å²) in [7, 11) is 0. The Balaban J connectivity index is 1.41. The Morgan fingerprint density at radius 1 is 1.09 bits per heavy atom. The topological polar surface area (TPSA) is 129 Å². The van der Waals surface area contributed by atoms with Crippen molar-refractivity contribution in [1.29, 1.82) is 0 Å². The van der Waals surface area contributed by atoms with Gasteiger partial charge < -0.3 is 9.73 Å². The quantitative estimate of drug-likeness (QED) is 0.345. The van der Waals surface area contributed by atoms with Crippen molar-refractivity contribution in [1.82, 2.24) is 20.0 Å². The fraction of sp³-hybridized carbons (Fsp3) is 0.182. The van der Waals surface area contributed by atoms with Gasteiger partial charge in [-0.15, -0.1) is 10.2 Å². The molecule has 10 nitrogen and oxygen atoms in total. The van der Waals surface area contributed by atoms with Crippen LogP contribution >= 0.6 is 0 Å². The number of aryl methyl sites for hydroxylation is 3. The smallest absolute Gasteiger partial charge is 0.269 e. The molecule has 0 unspecified atom stereocenters. The Hall–Kier alpha value is -4.34. The molecule has 1 N–H and O–H groups in total. The molecule has 4 rings (SSSR count). The van der Waals surface area contributed by atoms with Crippen LogP contribution in [0.3, 0.4) is 0 Å². The van der Waals surface area contributed by atoms with Gasteiger partial charge in [0.05, 0.1) is 16.3 Å². The van der Waals surface area contributed by atoms with Crippen molar-refractivity contribution in [3.63, 3.8) is 0 Å². The lowest BCUT2D eigenvalue weighted by Gasteiger charge is -2.08. The van der Waals surface area contributed by atoms with Gasteiger partial charge in [0.2, 0.25) is 17.7 Å². The number of nitro benzene ring substituents is 1. The first-order chi connectivity index (χ1) is 15.4. The van der Waals surface area contributed by atoms with E-state index >= 15 is 0 Å². The van der Waals surface area contributed by atoms with E-state index in [1.807, 2.05) is 31.2 Å². The van der Waals surface area contributed by atoms with Crippen LogP contribution < -0.4 is 5.32 Å². The number of benzene rings is 2. The minimum absolute atomic E-state index is 0.0206. The number of anilines is 1. The van der Waals surface area contributed by atoms with Gasteiger partial charge in [-0.25, -0.2) is 4.68 Å². The van der Waals surface area contributed by atoms with Crippen molar-refractivity contribution in [3.8, 4) is 17.1 Å². The number of hydrogen-bond acceptors (Lipinski definition) is 7. The number of amides is 1. The highest BCUT2D eigenvalue weighted by Gasteiger charge is 2.14. The third-order valence-corrected chi connectivity index (χ3v) is 4.74. The van der Waals surface area contributed by atoms with Gasteiger partial charge in [-0.1, -0.05) is 17.7 Å². The van der Waals surface area contributed by atoms with Crippen molar-refractivity contribution in [2.45, 2.75) is 26.7 Å². The number of nitrogens with zero attached hydrogens (tertiary/aromatic N) is 5. The van der Waals surface area contributed by atoms with Crippen LogP contribution in [0.2, 0.25) is 0 Å². The molecule has 10 heteroatoms. The average molecular weight is 432 g/mol. The van der Waals surface area contributed by atoms with Gasteiger partial charge in [0.1, 0.15) is 5.82 Å². The van der Waals surface area contributed by atoms with E-state index in [-0.39, 0.29) is 24.4 Å². The van der Waals surface area contributed by atoms with Crippen molar-refractivity contribution in [2.24, 2.45) is 0 Å². The molecule has 0 saturated carbocycles. The maximum atomic E-state index is 12.5. The van der Waals surface area contributed by atoms with Crippen molar-refractivity contribution in [2.75, 3.05) is 5.32 Å². The Labute approximate surface area is 183 Å². The molecule has 0 fully saturated rings. The maximum absolute atomic E-state index is 12.5. The summed E-state index contributed by atoms with van der Waals surface area (Å²) in [6.07, 6.45) is 0.426. The number of hydrogen-bond donors (Lipinski definition) is 1. The number of rotatable bonds is 7. The number of nitro groups is 1. The molecule has 0 spiro atoms. The van der Waals surface area contributed by atoms with Crippen LogP contribution in [-0.2, 0) is 11.2 Å². The zero-order chi connectivity index (χ0) is 22.7. The highest BCUT2D eigenvalue weighted by molar-refractivity contribution is 5.90. The lowest BCUT2D eigenvalue weighted by atomic mass is 10.1. The number of non-ortho nitro benzene ring substituents is 1. The lowest BCUT2D eigenvalue weighted by Crippen LogP contribution is -2.15. The monoisotopic (exact) mass is 432 g/mol. The second-order valence-electron chi connectivity index (χ2n) is 7.27. The first kappa shape index (κ1) is 20.9. The van der Waals surface area contributed by atoms with E-state index in [1.54, 1.807) is 25.1 Å². The molecule has 0 aliphatic heterocycles. The molecule has 0 saturated heterocycles. The normalized spacial score (nSPS) is 10.8. The third-order valence-electron chi connectivity index (χ3n) is 4.74. The van der Waals surface area contributed by atoms with E-state index < -0.39 is 4.92 Å². The first-order valence-electron chi connectivity index (χ1n) is 9.90. The van der Waals surface area contributed by atoms with Crippen LogP contribution in [0.1, 0.15) is 23.6 Å². The Morgan fingerprint density at radius 2 is 1.81 bits per heavy atom. The molecule has 0 atom stereocenters. The van der Waals surface area contributed by atoms with Crippen LogP contribution in [0.4, 0.5) is 11.5 Å². The standard InChI is InChI=1S/C22H20N6O4/c1-14-3-5-16(6-4-14)22-25-24-21(32-22)12-11-20(29)23-19-13-15(2)26-27(19)17-7-9-18(10-8-17)28(30)31/h3-10,13H,11-12H2,1-2H3,(H,23,29). The Kier molecular flexibility index (Phi) is 5.75. The summed E-state index contributed by atoms with van der Waals surface area (Å²) in [5.74, 6) is 0.999. The molecule has 2 aromatic carbocycles. The maximum Gasteiger partial charge on any atom is 0.269 e. The molecule has 0 bridgehead atoms. The fourth-order valence-electron chi connectivity index (χ4n) is 3.09. The predicted molar refractivity (Wildman–Crippen MR) is 116 cm³/mol.